The minimum atomic E-state index is -0.533. The molecule has 0 saturated carbocycles. The Morgan fingerprint density at radius 1 is 0.885 bits per heavy atom. The monoisotopic (exact) mass is 352 g/mol. The number of urea groups is 1. The minimum Gasteiger partial charge on any atom is -0.337 e. The van der Waals surface area contributed by atoms with Crippen LogP contribution in [-0.2, 0) is 4.79 Å². The first-order valence-electron chi connectivity index (χ1n) is 8.13. The van der Waals surface area contributed by atoms with Crippen LogP contribution in [0.1, 0.15) is 5.69 Å². The number of carbonyl (C=O) groups excluding carboxylic acids is 2. The third-order valence-corrected chi connectivity index (χ3v) is 4.07. The van der Waals surface area contributed by atoms with Crippen LogP contribution in [0.2, 0.25) is 0 Å². The first-order chi connectivity index (χ1) is 12.7. The molecular weight excluding hydrogens is 336 g/mol. The van der Waals surface area contributed by atoms with Crippen molar-refractivity contribution in [2.75, 3.05) is 36.0 Å². The minimum absolute atomic E-state index is 0.172. The van der Waals surface area contributed by atoms with E-state index in [1.165, 1.54) is 6.08 Å². The number of aromatic nitrogens is 4. The molecule has 132 valence electrons. The summed E-state index contributed by atoms with van der Waals surface area (Å²) < 4.78 is 0. The van der Waals surface area contributed by atoms with E-state index in [2.05, 4.69) is 40.4 Å². The van der Waals surface area contributed by atoms with Gasteiger partial charge in [0.05, 0.1) is 5.69 Å². The molecule has 2 saturated heterocycles. The zero-order valence-electron chi connectivity index (χ0n) is 13.8. The Bertz CT molecular complexity index is 862. The highest BCUT2D eigenvalue weighted by atomic mass is 16.2. The fourth-order valence-electron chi connectivity index (χ4n) is 2.79. The van der Waals surface area contributed by atoms with E-state index < -0.39 is 11.9 Å². The normalized spacial score (nSPS) is 18.8. The van der Waals surface area contributed by atoms with Gasteiger partial charge in [0.1, 0.15) is 5.70 Å². The standard InChI is InChI=1S/C16H16N8O2/c25-13-12(21-16(26)22-13)10-11-2-5-19-15(20-11)24-8-6-23(7-9-24)14-17-3-1-4-18-14/h1-5,10H,6-9H2,(H2,21,22,25,26). The van der Waals surface area contributed by atoms with E-state index in [0.29, 0.717) is 11.6 Å². The van der Waals surface area contributed by atoms with Gasteiger partial charge in [-0.15, -0.1) is 0 Å². The van der Waals surface area contributed by atoms with Gasteiger partial charge in [0.25, 0.3) is 5.91 Å². The van der Waals surface area contributed by atoms with Crippen molar-refractivity contribution in [3.05, 3.63) is 42.1 Å². The molecule has 2 aliphatic rings. The van der Waals surface area contributed by atoms with Crippen molar-refractivity contribution >= 4 is 29.9 Å². The first kappa shape index (κ1) is 15.9. The molecule has 0 atom stereocenters. The quantitative estimate of drug-likeness (QED) is 0.575. The summed E-state index contributed by atoms with van der Waals surface area (Å²) in [6.07, 6.45) is 6.62. The molecule has 4 rings (SSSR count). The summed E-state index contributed by atoms with van der Waals surface area (Å²) in [7, 11) is 0. The molecule has 10 nitrogen and oxygen atoms in total. The molecule has 0 aromatic carbocycles. The van der Waals surface area contributed by atoms with Crippen LogP contribution in [0, 0.1) is 0 Å². The largest absolute Gasteiger partial charge is 0.337 e. The number of nitrogens with one attached hydrogen (secondary N) is 2. The summed E-state index contributed by atoms with van der Waals surface area (Å²) in [4.78, 5) is 44.3. The highest BCUT2D eigenvalue weighted by Crippen LogP contribution is 2.15. The van der Waals surface area contributed by atoms with Crippen molar-refractivity contribution in [3.8, 4) is 0 Å². The smallest absolute Gasteiger partial charge is 0.326 e. The molecule has 2 aromatic rings. The molecule has 2 fully saturated rings. The van der Waals surface area contributed by atoms with Gasteiger partial charge in [-0.2, -0.15) is 0 Å². The fraction of sp³-hybridized carbons (Fsp3) is 0.250. The summed E-state index contributed by atoms with van der Waals surface area (Å²) in [6.45, 7) is 2.99. The number of imide groups is 1. The SMILES string of the molecule is O=C1NC(=O)C(=Cc2ccnc(N3CCN(c4ncccn4)CC3)n2)N1. The third-order valence-electron chi connectivity index (χ3n) is 4.07. The lowest BCUT2D eigenvalue weighted by Crippen LogP contribution is -2.47. The fourth-order valence-corrected chi connectivity index (χ4v) is 2.79. The van der Waals surface area contributed by atoms with Gasteiger partial charge in [-0.25, -0.2) is 24.7 Å². The summed E-state index contributed by atoms with van der Waals surface area (Å²) in [5, 5.41) is 4.60. The second kappa shape index (κ2) is 6.75. The number of piperazine rings is 1. The Labute approximate surface area is 149 Å². The number of carbonyl (C=O) groups is 2. The lowest BCUT2D eigenvalue weighted by Gasteiger charge is -2.34. The van der Waals surface area contributed by atoms with E-state index in [9.17, 15) is 9.59 Å². The molecule has 0 bridgehead atoms. The van der Waals surface area contributed by atoms with Gasteiger partial charge in [-0.3, -0.25) is 10.1 Å². The number of hydrogen-bond donors (Lipinski definition) is 2. The predicted molar refractivity (Wildman–Crippen MR) is 93.1 cm³/mol. The van der Waals surface area contributed by atoms with Crippen LogP contribution in [0.3, 0.4) is 0 Å². The second-order valence-corrected chi connectivity index (χ2v) is 5.77. The second-order valence-electron chi connectivity index (χ2n) is 5.77. The Hall–Kier alpha value is -3.56. The molecule has 10 heteroatoms. The Morgan fingerprint density at radius 3 is 2.19 bits per heavy atom. The Balaban J connectivity index is 1.45. The maximum atomic E-state index is 11.6. The van der Waals surface area contributed by atoms with Gasteiger partial charge < -0.3 is 15.1 Å². The summed E-state index contributed by atoms with van der Waals surface area (Å²) >= 11 is 0. The lowest BCUT2D eigenvalue weighted by atomic mass is 10.3. The zero-order chi connectivity index (χ0) is 17.9. The van der Waals surface area contributed by atoms with E-state index in [4.69, 9.17) is 0 Å². The molecule has 0 spiro atoms. The molecule has 2 aliphatic heterocycles. The van der Waals surface area contributed by atoms with Crippen molar-refractivity contribution in [2.24, 2.45) is 0 Å². The van der Waals surface area contributed by atoms with Gasteiger partial charge in [0, 0.05) is 44.8 Å². The van der Waals surface area contributed by atoms with Crippen LogP contribution in [-0.4, -0.2) is 58.1 Å². The molecule has 4 heterocycles. The Morgan fingerprint density at radius 2 is 1.54 bits per heavy atom. The topological polar surface area (TPSA) is 116 Å². The van der Waals surface area contributed by atoms with Crippen LogP contribution in [0.15, 0.2) is 36.4 Å². The summed E-state index contributed by atoms with van der Waals surface area (Å²) in [6, 6.07) is 2.94. The van der Waals surface area contributed by atoms with Crippen LogP contribution in [0.4, 0.5) is 16.7 Å². The van der Waals surface area contributed by atoms with E-state index >= 15 is 0 Å². The maximum absolute atomic E-state index is 11.6. The first-order valence-corrected chi connectivity index (χ1v) is 8.13. The van der Waals surface area contributed by atoms with Crippen LogP contribution < -0.4 is 20.4 Å². The van der Waals surface area contributed by atoms with Crippen molar-refractivity contribution in [2.45, 2.75) is 0 Å². The molecule has 0 radical (unpaired) electrons. The van der Waals surface area contributed by atoms with E-state index in [-0.39, 0.29) is 5.70 Å². The van der Waals surface area contributed by atoms with E-state index in [0.717, 1.165) is 32.1 Å². The van der Waals surface area contributed by atoms with Crippen LogP contribution in [0.5, 0.6) is 0 Å². The maximum Gasteiger partial charge on any atom is 0.326 e. The average molecular weight is 352 g/mol. The molecule has 2 N–H and O–H groups in total. The molecular formula is C16H16N8O2. The van der Waals surface area contributed by atoms with E-state index in [1.54, 1.807) is 30.7 Å². The Kier molecular flexibility index (Phi) is 4.14. The van der Waals surface area contributed by atoms with Crippen molar-refractivity contribution in [1.82, 2.24) is 30.6 Å². The van der Waals surface area contributed by atoms with Crippen LogP contribution >= 0.6 is 0 Å². The average Bonchev–Trinajstić information content (AvgIpc) is 3.00. The number of hydrogen-bond acceptors (Lipinski definition) is 8. The summed E-state index contributed by atoms with van der Waals surface area (Å²) in [5.41, 5.74) is 0.724. The highest BCUT2D eigenvalue weighted by molar-refractivity contribution is 6.13. The molecule has 3 amide bonds. The number of rotatable bonds is 3. The third kappa shape index (κ3) is 3.29. The van der Waals surface area contributed by atoms with Gasteiger partial charge in [0.15, 0.2) is 0 Å². The number of amides is 3. The van der Waals surface area contributed by atoms with E-state index in [1.807, 2.05) is 0 Å². The summed E-state index contributed by atoms with van der Waals surface area (Å²) in [5.74, 6) is 0.832. The van der Waals surface area contributed by atoms with Crippen LogP contribution in [0.25, 0.3) is 6.08 Å². The molecule has 2 aromatic heterocycles. The number of nitrogens with zero attached hydrogens (tertiary/aromatic N) is 6. The number of anilines is 2. The molecule has 0 aliphatic carbocycles. The van der Waals surface area contributed by atoms with Gasteiger partial charge in [-0.05, 0) is 18.2 Å². The highest BCUT2D eigenvalue weighted by Gasteiger charge is 2.24. The van der Waals surface area contributed by atoms with Crippen molar-refractivity contribution in [3.63, 3.8) is 0 Å². The van der Waals surface area contributed by atoms with Gasteiger partial charge >= 0.3 is 6.03 Å². The zero-order valence-corrected chi connectivity index (χ0v) is 13.8. The molecule has 26 heavy (non-hydrogen) atoms. The van der Waals surface area contributed by atoms with Gasteiger partial charge in [0.2, 0.25) is 11.9 Å². The van der Waals surface area contributed by atoms with Crippen molar-refractivity contribution in [1.29, 1.82) is 0 Å². The van der Waals surface area contributed by atoms with Crippen molar-refractivity contribution < 1.29 is 9.59 Å². The molecule has 0 unspecified atom stereocenters. The lowest BCUT2D eigenvalue weighted by molar-refractivity contribution is -0.115. The predicted octanol–water partition coefficient (Wildman–Crippen LogP) is -0.226. The van der Waals surface area contributed by atoms with Gasteiger partial charge in [-0.1, -0.05) is 0 Å².